The second-order valence-corrected chi connectivity index (χ2v) is 6.94. The van der Waals surface area contributed by atoms with E-state index in [1.165, 1.54) is 0 Å². The summed E-state index contributed by atoms with van der Waals surface area (Å²) in [7, 11) is 1.60. The Hall–Kier alpha value is -4.20. The van der Waals surface area contributed by atoms with E-state index < -0.39 is 0 Å². The first kappa shape index (κ1) is 20.1. The Morgan fingerprint density at radius 2 is 1.94 bits per heavy atom. The zero-order valence-electron chi connectivity index (χ0n) is 17.5. The monoisotopic (exact) mass is 414 g/mol. The van der Waals surface area contributed by atoms with Crippen LogP contribution in [0.1, 0.15) is 27.4 Å². The number of benzene rings is 2. The van der Waals surface area contributed by atoms with Gasteiger partial charge >= 0.3 is 0 Å². The molecule has 1 amide bonds. The van der Waals surface area contributed by atoms with E-state index in [1.54, 1.807) is 19.4 Å². The molecule has 0 saturated carbocycles. The van der Waals surface area contributed by atoms with Gasteiger partial charge in [-0.1, -0.05) is 30.3 Å². The number of hydrogen-bond donors (Lipinski definition) is 2. The Morgan fingerprint density at radius 1 is 1.13 bits per heavy atom. The number of aromatic nitrogens is 4. The maximum absolute atomic E-state index is 12.5. The first-order chi connectivity index (χ1) is 15.1. The smallest absolute Gasteiger partial charge is 0.289 e. The Kier molecular flexibility index (Phi) is 5.61. The standard InChI is InChI=1S/C23H22N6O2/c1-15-22(16(2)29(28-15)18-9-5-4-6-10-18)20-13-21(26-25-20)23(30)27-24-14-17-8-7-11-19(12-17)31-3/h4-14H,1-3H3,(H,25,26)(H,27,30). The van der Waals surface area contributed by atoms with Crippen LogP contribution in [0, 0.1) is 13.8 Å². The molecular formula is C23H22N6O2. The average Bonchev–Trinajstić information content (AvgIpc) is 3.38. The number of rotatable bonds is 6. The van der Waals surface area contributed by atoms with Crippen LogP contribution in [0.25, 0.3) is 16.9 Å². The van der Waals surface area contributed by atoms with Crippen LogP contribution in [-0.4, -0.2) is 39.2 Å². The normalized spacial score (nSPS) is 11.1. The van der Waals surface area contributed by atoms with Crippen molar-refractivity contribution in [2.24, 2.45) is 5.10 Å². The van der Waals surface area contributed by atoms with Crippen molar-refractivity contribution < 1.29 is 9.53 Å². The quantitative estimate of drug-likeness (QED) is 0.372. The lowest BCUT2D eigenvalue weighted by atomic mass is 10.1. The van der Waals surface area contributed by atoms with E-state index in [1.807, 2.05) is 73.1 Å². The van der Waals surface area contributed by atoms with Crippen molar-refractivity contribution in [1.82, 2.24) is 25.4 Å². The molecule has 0 spiro atoms. The highest BCUT2D eigenvalue weighted by molar-refractivity contribution is 5.94. The summed E-state index contributed by atoms with van der Waals surface area (Å²) >= 11 is 0. The summed E-state index contributed by atoms with van der Waals surface area (Å²) in [4.78, 5) is 12.5. The molecule has 0 saturated heterocycles. The van der Waals surface area contributed by atoms with Crippen molar-refractivity contribution in [3.8, 4) is 22.7 Å². The molecule has 0 aliphatic carbocycles. The van der Waals surface area contributed by atoms with E-state index in [-0.39, 0.29) is 5.91 Å². The first-order valence-corrected chi connectivity index (χ1v) is 9.71. The van der Waals surface area contributed by atoms with Gasteiger partial charge in [0.2, 0.25) is 0 Å². The highest BCUT2D eigenvalue weighted by Gasteiger charge is 2.18. The second kappa shape index (κ2) is 8.66. The number of para-hydroxylation sites is 1. The number of nitrogens with one attached hydrogen (secondary N) is 2. The fraction of sp³-hybridized carbons (Fsp3) is 0.130. The summed E-state index contributed by atoms with van der Waals surface area (Å²) in [6.45, 7) is 3.91. The van der Waals surface area contributed by atoms with Crippen LogP contribution >= 0.6 is 0 Å². The lowest BCUT2D eigenvalue weighted by Crippen LogP contribution is -2.18. The molecule has 156 valence electrons. The van der Waals surface area contributed by atoms with Crippen LogP contribution in [0.3, 0.4) is 0 Å². The summed E-state index contributed by atoms with van der Waals surface area (Å²) in [6.07, 6.45) is 1.55. The van der Waals surface area contributed by atoms with Gasteiger partial charge in [0.05, 0.1) is 36.1 Å². The molecule has 0 atom stereocenters. The number of aromatic amines is 1. The zero-order chi connectivity index (χ0) is 21.8. The van der Waals surface area contributed by atoms with E-state index in [2.05, 4.69) is 25.8 Å². The van der Waals surface area contributed by atoms with Gasteiger partial charge in [-0.15, -0.1) is 0 Å². The van der Waals surface area contributed by atoms with Crippen molar-refractivity contribution in [2.75, 3.05) is 7.11 Å². The van der Waals surface area contributed by atoms with Gasteiger partial charge in [0.25, 0.3) is 5.91 Å². The number of ether oxygens (including phenoxy) is 1. The number of hydrazone groups is 1. The molecule has 31 heavy (non-hydrogen) atoms. The molecule has 8 nitrogen and oxygen atoms in total. The predicted octanol–water partition coefficient (Wildman–Crippen LogP) is 3.65. The van der Waals surface area contributed by atoms with Crippen molar-refractivity contribution >= 4 is 12.1 Å². The fourth-order valence-electron chi connectivity index (χ4n) is 3.35. The minimum Gasteiger partial charge on any atom is -0.497 e. The minimum atomic E-state index is -0.386. The molecule has 2 heterocycles. The molecule has 4 aromatic rings. The highest BCUT2D eigenvalue weighted by atomic mass is 16.5. The molecular weight excluding hydrogens is 392 g/mol. The van der Waals surface area contributed by atoms with Crippen LogP contribution in [0.4, 0.5) is 0 Å². The fourth-order valence-corrected chi connectivity index (χ4v) is 3.35. The molecule has 0 bridgehead atoms. The molecule has 2 aromatic heterocycles. The van der Waals surface area contributed by atoms with Gasteiger partial charge in [-0.2, -0.15) is 15.3 Å². The SMILES string of the molecule is COc1cccc(C=NNC(=O)c2cc(-c3c(C)nn(-c4ccccc4)c3C)n[nH]2)c1. The number of nitrogens with zero attached hydrogens (tertiary/aromatic N) is 4. The third-order valence-corrected chi connectivity index (χ3v) is 4.84. The number of methoxy groups -OCH3 is 1. The molecule has 0 fully saturated rings. The van der Waals surface area contributed by atoms with Crippen LogP contribution in [0.2, 0.25) is 0 Å². The molecule has 8 heteroatoms. The lowest BCUT2D eigenvalue weighted by molar-refractivity contribution is 0.0950. The number of aryl methyl sites for hydroxylation is 1. The van der Waals surface area contributed by atoms with Gasteiger partial charge in [0.1, 0.15) is 11.4 Å². The Morgan fingerprint density at radius 3 is 2.71 bits per heavy atom. The van der Waals surface area contributed by atoms with Gasteiger partial charge < -0.3 is 4.74 Å². The van der Waals surface area contributed by atoms with Crippen molar-refractivity contribution in [1.29, 1.82) is 0 Å². The Labute approximate surface area is 179 Å². The van der Waals surface area contributed by atoms with Gasteiger partial charge in [0, 0.05) is 5.56 Å². The third-order valence-electron chi connectivity index (χ3n) is 4.84. The highest BCUT2D eigenvalue weighted by Crippen LogP contribution is 2.27. The van der Waals surface area contributed by atoms with E-state index >= 15 is 0 Å². The largest absolute Gasteiger partial charge is 0.497 e. The predicted molar refractivity (Wildman–Crippen MR) is 119 cm³/mol. The summed E-state index contributed by atoms with van der Waals surface area (Å²) in [6, 6.07) is 19.0. The summed E-state index contributed by atoms with van der Waals surface area (Å²) in [5, 5.41) is 15.7. The van der Waals surface area contributed by atoms with Crippen LogP contribution in [0.15, 0.2) is 65.8 Å². The van der Waals surface area contributed by atoms with Crippen molar-refractivity contribution in [3.63, 3.8) is 0 Å². The van der Waals surface area contributed by atoms with Crippen molar-refractivity contribution in [3.05, 3.63) is 83.3 Å². The van der Waals surface area contributed by atoms with Gasteiger partial charge in [0.15, 0.2) is 0 Å². The summed E-state index contributed by atoms with van der Waals surface area (Å²) < 4.78 is 7.05. The summed E-state index contributed by atoms with van der Waals surface area (Å²) in [5.74, 6) is 0.332. The van der Waals surface area contributed by atoms with Crippen LogP contribution in [0.5, 0.6) is 5.75 Å². The molecule has 2 aromatic carbocycles. The lowest BCUT2D eigenvalue weighted by Gasteiger charge is -2.04. The van der Waals surface area contributed by atoms with Gasteiger partial charge in [-0.25, -0.2) is 10.1 Å². The Balaban J connectivity index is 1.51. The van der Waals surface area contributed by atoms with E-state index in [0.29, 0.717) is 11.4 Å². The maximum Gasteiger partial charge on any atom is 0.289 e. The number of carbonyl (C=O) groups excluding carboxylic acids is 1. The number of hydrogen-bond acceptors (Lipinski definition) is 5. The maximum atomic E-state index is 12.5. The molecule has 0 aliphatic rings. The Bertz CT molecular complexity index is 1240. The zero-order valence-corrected chi connectivity index (χ0v) is 17.5. The molecule has 4 rings (SSSR count). The van der Waals surface area contributed by atoms with Gasteiger partial charge in [-0.05, 0) is 49.7 Å². The summed E-state index contributed by atoms with van der Waals surface area (Å²) in [5.41, 5.74) is 7.91. The third kappa shape index (κ3) is 4.23. The van der Waals surface area contributed by atoms with Gasteiger partial charge in [-0.3, -0.25) is 9.89 Å². The second-order valence-electron chi connectivity index (χ2n) is 6.94. The number of H-pyrrole nitrogens is 1. The molecule has 2 N–H and O–H groups in total. The topological polar surface area (TPSA) is 97.2 Å². The van der Waals surface area contributed by atoms with E-state index in [9.17, 15) is 4.79 Å². The van der Waals surface area contributed by atoms with Crippen LogP contribution < -0.4 is 10.2 Å². The molecule has 0 radical (unpaired) electrons. The average molecular weight is 414 g/mol. The molecule has 0 aliphatic heterocycles. The number of carbonyl (C=O) groups is 1. The van der Waals surface area contributed by atoms with Crippen molar-refractivity contribution in [2.45, 2.75) is 13.8 Å². The van der Waals surface area contributed by atoms with Crippen LogP contribution in [-0.2, 0) is 0 Å². The first-order valence-electron chi connectivity index (χ1n) is 9.71. The minimum absolute atomic E-state index is 0.309. The number of amides is 1. The molecule has 0 unspecified atom stereocenters. The van der Waals surface area contributed by atoms with E-state index in [4.69, 9.17) is 4.74 Å². The van der Waals surface area contributed by atoms with E-state index in [0.717, 1.165) is 34.0 Å².